The molecular weight excluding hydrogens is 256 g/mol. The fourth-order valence-electron chi connectivity index (χ4n) is 2.56. The van der Waals surface area contributed by atoms with Crippen LogP contribution < -0.4 is 5.32 Å². The number of hydrogen-bond acceptors (Lipinski definition) is 2. The third kappa shape index (κ3) is 4.12. The van der Waals surface area contributed by atoms with Gasteiger partial charge in [0.05, 0.1) is 0 Å². The largest absolute Gasteiger partial charge is 0.480 e. The van der Waals surface area contributed by atoms with Crippen LogP contribution >= 0.6 is 0 Å². The Balaban J connectivity index is 2.61. The zero-order valence-corrected chi connectivity index (χ0v) is 13.3. The van der Waals surface area contributed by atoms with Gasteiger partial charge in [0.1, 0.15) is 6.04 Å². The number of carboxylic acid groups (broad SMARTS) is 1. The minimum absolute atomic E-state index is 0.0718. The number of nitrogens with zero attached hydrogens (tertiary/aromatic N) is 1. The van der Waals surface area contributed by atoms with Gasteiger partial charge in [-0.3, -0.25) is 0 Å². The topological polar surface area (TPSA) is 69.6 Å². The molecule has 1 rings (SSSR count). The van der Waals surface area contributed by atoms with E-state index in [1.54, 1.807) is 4.90 Å². The van der Waals surface area contributed by atoms with Crippen LogP contribution in [0.4, 0.5) is 4.79 Å². The molecule has 1 aliphatic heterocycles. The van der Waals surface area contributed by atoms with Crippen molar-refractivity contribution in [1.82, 2.24) is 10.2 Å². The Morgan fingerprint density at radius 3 is 2.40 bits per heavy atom. The molecule has 0 aromatic rings. The SMILES string of the molecule is CC[C@H](C)[C@H](NC(=O)N1CCC(C(C)(C)C)C1)C(=O)O. The van der Waals surface area contributed by atoms with Gasteiger partial charge < -0.3 is 15.3 Å². The summed E-state index contributed by atoms with van der Waals surface area (Å²) < 4.78 is 0. The van der Waals surface area contributed by atoms with E-state index in [9.17, 15) is 14.7 Å². The van der Waals surface area contributed by atoms with Gasteiger partial charge in [0.15, 0.2) is 0 Å². The summed E-state index contributed by atoms with van der Waals surface area (Å²) in [6.45, 7) is 11.7. The Morgan fingerprint density at radius 1 is 1.40 bits per heavy atom. The van der Waals surface area contributed by atoms with E-state index >= 15 is 0 Å². The van der Waals surface area contributed by atoms with Crippen molar-refractivity contribution >= 4 is 12.0 Å². The van der Waals surface area contributed by atoms with Gasteiger partial charge in [0, 0.05) is 13.1 Å². The van der Waals surface area contributed by atoms with Crippen LogP contribution in [0.3, 0.4) is 0 Å². The fourth-order valence-corrected chi connectivity index (χ4v) is 2.56. The predicted octanol–water partition coefficient (Wildman–Crippen LogP) is 2.56. The van der Waals surface area contributed by atoms with Gasteiger partial charge in [-0.2, -0.15) is 0 Å². The highest BCUT2D eigenvalue weighted by Crippen LogP contribution is 2.33. The number of carbonyl (C=O) groups excluding carboxylic acids is 1. The van der Waals surface area contributed by atoms with E-state index in [1.807, 2.05) is 13.8 Å². The van der Waals surface area contributed by atoms with Crippen LogP contribution in [0.5, 0.6) is 0 Å². The number of aliphatic carboxylic acids is 1. The molecule has 0 bridgehead atoms. The van der Waals surface area contributed by atoms with Crippen LogP contribution in [0, 0.1) is 17.3 Å². The van der Waals surface area contributed by atoms with Gasteiger partial charge in [0.25, 0.3) is 0 Å². The van der Waals surface area contributed by atoms with Gasteiger partial charge in [-0.05, 0) is 23.7 Å². The zero-order valence-electron chi connectivity index (χ0n) is 13.3. The van der Waals surface area contributed by atoms with Crippen molar-refractivity contribution in [1.29, 1.82) is 0 Å². The molecule has 2 amide bonds. The maximum absolute atomic E-state index is 12.2. The lowest BCUT2D eigenvalue weighted by Crippen LogP contribution is -2.50. The van der Waals surface area contributed by atoms with Crippen LogP contribution in [0.2, 0.25) is 0 Å². The number of amides is 2. The molecule has 0 radical (unpaired) electrons. The molecule has 20 heavy (non-hydrogen) atoms. The minimum Gasteiger partial charge on any atom is -0.480 e. The molecular formula is C15H28N2O3. The highest BCUT2D eigenvalue weighted by atomic mass is 16.4. The number of nitrogens with one attached hydrogen (secondary N) is 1. The first-order chi connectivity index (χ1) is 9.16. The van der Waals surface area contributed by atoms with Crippen LogP contribution in [0.1, 0.15) is 47.5 Å². The van der Waals surface area contributed by atoms with Crippen LogP contribution in [-0.2, 0) is 4.79 Å². The van der Waals surface area contributed by atoms with E-state index < -0.39 is 12.0 Å². The monoisotopic (exact) mass is 284 g/mol. The van der Waals surface area contributed by atoms with Gasteiger partial charge in [-0.25, -0.2) is 9.59 Å². The minimum atomic E-state index is -0.959. The third-order valence-corrected chi connectivity index (χ3v) is 4.46. The Hall–Kier alpha value is -1.26. The average Bonchev–Trinajstić information content (AvgIpc) is 2.83. The Bertz CT molecular complexity index is 363. The molecule has 5 heteroatoms. The van der Waals surface area contributed by atoms with E-state index in [-0.39, 0.29) is 17.4 Å². The van der Waals surface area contributed by atoms with Crippen molar-refractivity contribution in [2.75, 3.05) is 13.1 Å². The molecule has 0 spiro atoms. The maximum atomic E-state index is 12.2. The molecule has 0 saturated carbocycles. The number of carbonyl (C=O) groups is 2. The standard InChI is InChI=1S/C15H28N2O3/c1-6-10(2)12(13(18)19)16-14(20)17-8-7-11(9-17)15(3,4)5/h10-12H,6-9H2,1-5H3,(H,16,20)(H,18,19)/t10-,11?,12-/m0/s1. The molecule has 3 atom stereocenters. The summed E-state index contributed by atoms with van der Waals surface area (Å²) in [4.78, 5) is 25.2. The average molecular weight is 284 g/mol. The summed E-state index contributed by atoms with van der Waals surface area (Å²) in [6, 6.07) is -1.05. The van der Waals surface area contributed by atoms with Crippen molar-refractivity contribution in [2.45, 2.75) is 53.5 Å². The van der Waals surface area contributed by atoms with Crippen molar-refractivity contribution in [3.63, 3.8) is 0 Å². The number of carboxylic acids is 1. The molecule has 1 aliphatic rings. The van der Waals surface area contributed by atoms with Gasteiger partial charge in [-0.1, -0.05) is 41.0 Å². The Kier molecular flexibility index (Phi) is 5.42. The quantitative estimate of drug-likeness (QED) is 0.833. The molecule has 5 nitrogen and oxygen atoms in total. The maximum Gasteiger partial charge on any atom is 0.326 e. The lowest BCUT2D eigenvalue weighted by molar-refractivity contribution is -0.140. The van der Waals surface area contributed by atoms with E-state index in [1.165, 1.54) is 0 Å². The molecule has 1 fully saturated rings. The summed E-state index contributed by atoms with van der Waals surface area (Å²) in [5, 5.41) is 11.9. The number of rotatable bonds is 4. The van der Waals surface area contributed by atoms with Crippen molar-refractivity contribution < 1.29 is 14.7 Å². The summed E-state index contributed by atoms with van der Waals surface area (Å²) in [5.41, 5.74) is 0.179. The predicted molar refractivity (Wildman–Crippen MR) is 78.5 cm³/mol. The fraction of sp³-hybridized carbons (Fsp3) is 0.867. The highest BCUT2D eigenvalue weighted by Gasteiger charge is 2.35. The number of hydrogen-bond donors (Lipinski definition) is 2. The first-order valence-electron chi connectivity index (χ1n) is 7.45. The van der Waals surface area contributed by atoms with Crippen molar-refractivity contribution in [3.8, 4) is 0 Å². The van der Waals surface area contributed by atoms with Crippen molar-refractivity contribution in [2.24, 2.45) is 17.3 Å². The summed E-state index contributed by atoms with van der Waals surface area (Å²) in [5.74, 6) is -0.558. The molecule has 2 N–H and O–H groups in total. The van der Waals surface area contributed by atoms with Gasteiger partial charge in [-0.15, -0.1) is 0 Å². The number of likely N-dealkylation sites (tertiary alicyclic amines) is 1. The lowest BCUT2D eigenvalue weighted by Gasteiger charge is -2.28. The molecule has 116 valence electrons. The molecule has 1 heterocycles. The molecule has 0 aromatic heterocycles. The van der Waals surface area contributed by atoms with Crippen LogP contribution in [0.15, 0.2) is 0 Å². The molecule has 1 saturated heterocycles. The second-order valence-corrected chi connectivity index (χ2v) is 6.95. The van der Waals surface area contributed by atoms with Gasteiger partial charge >= 0.3 is 12.0 Å². The second-order valence-electron chi connectivity index (χ2n) is 6.95. The van der Waals surface area contributed by atoms with E-state index in [0.29, 0.717) is 19.0 Å². The van der Waals surface area contributed by atoms with E-state index in [2.05, 4.69) is 26.1 Å². The molecule has 1 unspecified atom stereocenters. The zero-order chi connectivity index (χ0) is 15.5. The summed E-state index contributed by atoms with van der Waals surface area (Å²) >= 11 is 0. The van der Waals surface area contributed by atoms with Crippen LogP contribution in [0.25, 0.3) is 0 Å². The first-order valence-corrected chi connectivity index (χ1v) is 7.45. The lowest BCUT2D eigenvalue weighted by atomic mass is 9.80. The van der Waals surface area contributed by atoms with Crippen molar-refractivity contribution in [3.05, 3.63) is 0 Å². The second kappa shape index (κ2) is 6.46. The molecule has 0 aliphatic carbocycles. The normalized spacial score (nSPS) is 22.4. The highest BCUT2D eigenvalue weighted by molar-refractivity contribution is 5.82. The smallest absolute Gasteiger partial charge is 0.326 e. The third-order valence-electron chi connectivity index (χ3n) is 4.46. The number of urea groups is 1. The van der Waals surface area contributed by atoms with E-state index in [4.69, 9.17) is 0 Å². The summed E-state index contributed by atoms with van der Waals surface area (Å²) in [6.07, 6.45) is 1.71. The van der Waals surface area contributed by atoms with Crippen LogP contribution in [-0.4, -0.2) is 41.1 Å². The summed E-state index contributed by atoms with van der Waals surface area (Å²) in [7, 11) is 0. The Morgan fingerprint density at radius 2 is 2.00 bits per heavy atom. The first kappa shape index (κ1) is 16.8. The van der Waals surface area contributed by atoms with E-state index in [0.717, 1.165) is 12.8 Å². The van der Waals surface area contributed by atoms with Gasteiger partial charge in [0.2, 0.25) is 0 Å². The molecule has 0 aromatic carbocycles. The Labute approximate surface area is 121 Å².